The van der Waals surface area contributed by atoms with Crippen LogP contribution in [-0.2, 0) is 0 Å². The van der Waals surface area contributed by atoms with E-state index in [9.17, 15) is 0 Å². The summed E-state index contributed by atoms with van der Waals surface area (Å²) in [5.74, 6) is 1.07. The second-order valence-electron chi connectivity index (χ2n) is 4.80. The van der Waals surface area contributed by atoms with Crippen LogP contribution in [0, 0.1) is 0 Å². The molecular weight excluding hydrogens is 290 g/mol. The van der Waals surface area contributed by atoms with Gasteiger partial charge in [-0.15, -0.1) is 0 Å². The smallest absolute Gasteiger partial charge is 0.189 e. The summed E-state index contributed by atoms with van der Waals surface area (Å²) in [6, 6.07) is 8.86. The van der Waals surface area contributed by atoms with Gasteiger partial charge < -0.3 is 11.1 Å². The van der Waals surface area contributed by atoms with Gasteiger partial charge in [0.25, 0.3) is 0 Å². The predicted molar refractivity (Wildman–Crippen MR) is 79.7 cm³/mol. The molecule has 18 heavy (non-hydrogen) atoms. The van der Waals surface area contributed by atoms with E-state index in [0.29, 0.717) is 24.5 Å². The Morgan fingerprint density at radius 2 is 2.17 bits per heavy atom. The first kappa shape index (κ1) is 13.1. The molecule has 0 saturated heterocycles. The molecule has 0 spiro atoms. The molecule has 1 fully saturated rings. The van der Waals surface area contributed by atoms with Crippen molar-refractivity contribution in [2.45, 2.75) is 25.3 Å². The van der Waals surface area contributed by atoms with Gasteiger partial charge in [-0.2, -0.15) is 0 Å². The van der Waals surface area contributed by atoms with Gasteiger partial charge in [-0.05, 0) is 31.0 Å². The Balaban J connectivity index is 1.86. The summed E-state index contributed by atoms with van der Waals surface area (Å²) >= 11 is 3.44. The van der Waals surface area contributed by atoms with E-state index in [-0.39, 0.29) is 0 Å². The minimum atomic E-state index is 0.417. The standard InChI is InChI=1S/C14H18BrN3/c1-9(2)8-17-14(16)18-13-7-12(13)10-3-5-11(15)6-4-10/h3-6,12-13H,1,7-8H2,2H3,(H3,16,17,18). The Hall–Kier alpha value is -1.29. The number of nitrogens with two attached hydrogens (primary N) is 1. The average Bonchev–Trinajstić information content (AvgIpc) is 3.07. The van der Waals surface area contributed by atoms with E-state index in [1.54, 1.807) is 0 Å². The number of nitrogens with zero attached hydrogens (tertiary/aromatic N) is 1. The van der Waals surface area contributed by atoms with Gasteiger partial charge in [-0.3, -0.25) is 0 Å². The van der Waals surface area contributed by atoms with Crippen LogP contribution >= 0.6 is 15.9 Å². The Morgan fingerprint density at radius 1 is 1.50 bits per heavy atom. The minimum Gasteiger partial charge on any atom is -0.370 e. The molecule has 1 aromatic rings. The third-order valence-electron chi connectivity index (χ3n) is 2.94. The zero-order chi connectivity index (χ0) is 13.1. The highest BCUT2D eigenvalue weighted by Gasteiger charge is 2.38. The third-order valence-corrected chi connectivity index (χ3v) is 3.47. The summed E-state index contributed by atoms with van der Waals surface area (Å²) < 4.78 is 1.11. The van der Waals surface area contributed by atoms with E-state index in [0.717, 1.165) is 16.5 Å². The summed E-state index contributed by atoms with van der Waals surface area (Å²) in [6.45, 7) is 6.33. The van der Waals surface area contributed by atoms with Gasteiger partial charge in [-0.1, -0.05) is 40.2 Å². The molecular formula is C14H18BrN3. The van der Waals surface area contributed by atoms with Crippen LogP contribution in [0.1, 0.15) is 24.8 Å². The molecule has 2 atom stereocenters. The van der Waals surface area contributed by atoms with Crippen molar-refractivity contribution in [1.82, 2.24) is 5.32 Å². The number of guanidine groups is 1. The van der Waals surface area contributed by atoms with E-state index >= 15 is 0 Å². The first-order valence-corrected chi connectivity index (χ1v) is 6.82. The highest BCUT2D eigenvalue weighted by atomic mass is 79.9. The van der Waals surface area contributed by atoms with E-state index in [2.05, 4.69) is 57.1 Å². The summed E-state index contributed by atoms with van der Waals surface area (Å²) in [4.78, 5) is 4.22. The molecule has 0 amide bonds. The topological polar surface area (TPSA) is 50.4 Å². The number of hydrogen-bond donors (Lipinski definition) is 2. The number of aliphatic imine (C=N–C) groups is 1. The van der Waals surface area contributed by atoms with Crippen molar-refractivity contribution in [2.24, 2.45) is 10.7 Å². The fourth-order valence-electron chi connectivity index (χ4n) is 1.89. The maximum Gasteiger partial charge on any atom is 0.189 e. The second-order valence-corrected chi connectivity index (χ2v) is 5.72. The Bertz CT molecular complexity index is 464. The summed E-state index contributed by atoms with van der Waals surface area (Å²) in [7, 11) is 0. The SMILES string of the molecule is C=C(C)CN=C(N)NC1CC1c1ccc(Br)cc1. The van der Waals surface area contributed by atoms with Gasteiger partial charge in [0.15, 0.2) is 5.96 Å². The van der Waals surface area contributed by atoms with Crippen LogP contribution < -0.4 is 11.1 Å². The van der Waals surface area contributed by atoms with Crippen molar-refractivity contribution < 1.29 is 0 Å². The quantitative estimate of drug-likeness (QED) is 0.510. The first-order valence-electron chi connectivity index (χ1n) is 6.02. The molecule has 2 rings (SSSR count). The lowest BCUT2D eigenvalue weighted by Gasteiger charge is -2.05. The van der Waals surface area contributed by atoms with E-state index in [1.807, 2.05) is 6.92 Å². The van der Waals surface area contributed by atoms with Crippen molar-refractivity contribution in [3.63, 3.8) is 0 Å². The van der Waals surface area contributed by atoms with Gasteiger partial charge in [-0.25, -0.2) is 4.99 Å². The maximum absolute atomic E-state index is 5.82. The van der Waals surface area contributed by atoms with Crippen LogP contribution in [0.4, 0.5) is 0 Å². The molecule has 0 bridgehead atoms. The van der Waals surface area contributed by atoms with Crippen molar-refractivity contribution in [1.29, 1.82) is 0 Å². The Kier molecular flexibility index (Phi) is 4.07. The molecule has 3 N–H and O–H groups in total. The molecule has 3 nitrogen and oxygen atoms in total. The number of nitrogens with one attached hydrogen (secondary N) is 1. The van der Waals surface area contributed by atoms with Crippen LogP contribution in [0.5, 0.6) is 0 Å². The average molecular weight is 308 g/mol. The van der Waals surface area contributed by atoms with Gasteiger partial charge in [0.1, 0.15) is 0 Å². The molecule has 0 heterocycles. The van der Waals surface area contributed by atoms with Crippen molar-refractivity contribution in [2.75, 3.05) is 6.54 Å². The number of benzene rings is 1. The molecule has 1 saturated carbocycles. The van der Waals surface area contributed by atoms with Crippen molar-refractivity contribution in [3.05, 3.63) is 46.5 Å². The lowest BCUT2D eigenvalue weighted by molar-refractivity contribution is 0.852. The molecule has 1 aliphatic rings. The van der Waals surface area contributed by atoms with E-state index in [4.69, 9.17) is 5.73 Å². The van der Waals surface area contributed by atoms with Crippen LogP contribution in [0.25, 0.3) is 0 Å². The number of hydrogen-bond acceptors (Lipinski definition) is 1. The number of rotatable bonds is 4. The zero-order valence-electron chi connectivity index (χ0n) is 10.5. The molecule has 4 heteroatoms. The molecule has 1 aromatic carbocycles. The molecule has 0 aromatic heterocycles. The largest absolute Gasteiger partial charge is 0.370 e. The third kappa shape index (κ3) is 3.60. The lowest BCUT2D eigenvalue weighted by atomic mass is 10.1. The fraction of sp³-hybridized carbons (Fsp3) is 0.357. The monoisotopic (exact) mass is 307 g/mol. The molecule has 0 aliphatic heterocycles. The van der Waals surface area contributed by atoms with Gasteiger partial charge in [0.05, 0.1) is 6.54 Å². The fourth-order valence-corrected chi connectivity index (χ4v) is 2.15. The van der Waals surface area contributed by atoms with Crippen LogP contribution in [0.15, 0.2) is 45.9 Å². The van der Waals surface area contributed by atoms with Crippen LogP contribution in [0.2, 0.25) is 0 Å². The Morgan fingerprint density at radius 3 is 2.78 bits per heavy atom. The number of halogens is 1. The highest BCUT2D eigenvalue weighted by molar-refractivity contribution is 9.10. The molecule has 2 unspecified atom stereocenters. The molecule has 96 valence electrons. The highest BCUT2D eigenvalue weighted by Crippen LogP contribution is 2.40. The second kappa shape index (κ2) is 5.57. The van der Waals surface area contributed by atoms with Crippen LogP contribution in [-0.4, -0.2) is 18.5 Å². The normalized spacial score (nSPS) is 22.7. The van der Waals surface area contributed by atoms with Gasteiger partial charge in [0.2, 0.25) is 0 Å². The summed E-state index contributed by atoms with van der Waals surface area (Å²) in [5.41, 5.74) is 8.18. The minimum absolute atomic E-state index is 0.417. The summed E-state index contributed by atoms with van der Waals surface area (Å²) in [6.07, 6.45) is 1.12. The van der Waals surface area contributed by atoms with Gasteiger partial charge in [0, 0.05) is 16.4 Å². The maximum atomic E-state index is 5.82. The molecule has 0 radical (unpaired) electrons. The zero-order valence-corrected chi connectivity index (χ0v) is 12.1. The first-order chi connectivity index (χ1) is 8.56. The van der Waals surface area contributed by atoms with Crippen molar-refractivity contribution in [3.8, 4) is 0 Å². The molecule has 1 aliphatic carbocycles. The van der Waals surface area contributed by atoms with Crippen molar-refractivity contribution >= 4 is 21.9 Å². The predicted octanol–water partition coefficient (Wildman–Crippen LogP) is 2.79. The summed E-state index contributed by atoms with van der Waals surface area (Å²) in [5, 5.41) is 3.25. The van der Waals surface area contributed by atoms with Gasteiger partial charge >= 0.3 is 0 Å². The van der Waals surface area contributed by atoms with Crippen LogP contribution in [0.3, 0.4) is 0 Å². The Labute approximate surface area is 116 Å². The lowest BCUT2D eigenvalue weighted by Crippen LogP contribution is -2.34. The van der Waals surface area contributed by atoms with E-state index in [1.165, 1.54) is 5.56 Å². The van der Waals surface area contributed by atoms with E-state index < -0.39 is 0 Å².